The Labute approximate surface area is 160 Å². The smallest absolute Gasteiger partial charge is 0.397 e. The van der Waals surface area contributed by atoms with Crippen LogP contribution >= 0.6 is 0 Å². The quantitative estimate of drug-likeness (QED) is 0.780. The summed E-state index contributed by atoms with van der Waals surface area (Å²) in [7, 11) is -4.14. The van der Waals surface area contributed by atoms with E-state index >= 15 is 0 Å². The average Bonchev–Trinajstić information content (AvgIpc) is 2.60. The summed E-state index contributed by atoms with van der Waals surface area (Å²) in [4.78, 5) is 15.4. The summed E-state index contributed by atoms with van der Waals surface area (Å²) in [6, 6.07) is 4.00. The zero-order chi connectivity index (χ0) is 21.3. The molecule has 2 aromatic rings. The third-order valence-corrected chi connectivity index (χ3v) is 6.00. The molecule has 3 N–H and O–H groups in total. The maximum absolute atomic E-state index is 12.6. The first-order valence-corrected chi connectivity index (χ1v) is 9.81. The standard InChI is InChI=1S/C18H20F3N3O3S/c1-10(2)11(3)24-17(25)16-15(22)8-14(9-23-16)28(26,27)13-6-4-12(5-7-13)18(19,20)21/h4-11H,22H2,1-3H3,(H,24,25). The number of nitrogens with one attached hydrogen (secondary N) is 1. The maximum Gasteiger partial charge on any atom is 0.416 e. The van der Waals surface area contributed by atoms with Gasteiger partial charge in [0.1, 0.15) is 0 Å². The van der Waals surface area contributed by atoms with Crippen LogP contribution in [-0.2, 0) is 16.0 Å². The predicted molar refractivity (Wildman–Crippen MR) is 97.3 cm³/mol. The maximum atomic E-state index is 12.6. The van der Waals surface area contributed by atoms with Gasteiger partial charge in [0.2, 0.25) is 9.84 Å². The molecule has 0 saturated carbocycles. The first kappa shape index (κ1) is 21.7. The summed E-state index contributed by atoms with van der Waals surface area (Å²) >= 11 is 0. The van der Waals surface area contributed by atoms with Crippen LogP contribution in [0.1, 0.15) is 36.8 Å². The van der Waals surface area contributed by atoms with Crippen LogP contribution in [0.25, 0.3) is 0 Å². The monoisotopic (exact) mass is 415 g/mol. The average molecular weight is 415 g/mol. The number of amides is 1. The molecule has 0 aliphatic rings. The second kappa shape index (κ2) is 7.78. The van der Waals surface area contributed by atoms with E-state index in [2.05, 4.69) is 10.3 Å². The molecular weight excluding hydrogens is 395 g/mol. The van der Waals surface area contributed by atoms with Crippen LogP contribution in [0.3, 0.4) is 0 Å². The van der Waals surface area contributed by atoms with Gasteiger partial charge in [-0.1, -0.05) is 13.8 Å². The first-order chi connectivity index (χ1) is 12.8. The fourth-order valence-corrected chi connectivity index (χ4v) is 3.44. The number of rotatable bonds is 5. The molecule has 1 aromatic carbocycles. The number of alkyl halides is 3. The topological polar surface area (TPSA) is 102 Å². The highest BCUT2D eigenvalue weighted by atomic mass is 32.2. The van der Waals surface area contributed by atoms with Crippen molar-refractivity contribution in [3.8, 4) is 0 Å². The first-order valence-electron chi connectivity index (χ1n) is 8.32. The van der Waals surface area contributed by atoms with E-state index in [-0.39, 0.29) is 33.1 Å². The number of carbonyl (C=O) groups excluding carboxylic acids is 1. The normalized spacial score (nSPS) is 13.4. The number of aromatic nitrogens is 1. The van der Waals surface area contributed by atoms with Gasteiger partial charge >= 0.3 is 6.18 Å². The third kappa shape index (κ3) is 4.61. The lowest BCUT2D eigenvalue weighted by atomic mass is 10.1. The van der Waals surface area contributed by atoms with Crippen molar-refractivity contribution in [2.24, 2.45) is 5.92 Å². The summed E-state index contributed by atoms with van der Waals surface area (Å²) in [5, 5.41) is 2.71. The highest BCUT2D eigenvalue weighted by Gasteiger charge is 2.31. The number of halogens is 3. The van der Waals surface area contributed by atoms with E-state index < -0.39 is 27.5 Å². The number of hydrogen-bond donors (Lipinski definition) is 2. The molecule has 0 fully saturated rings. The fourth-order valence-electron chi connectivity index (χ4n) is 2.20. The van der Waals surface area contributed by atoms with Gasteiger partial charge in [-0.05, 0) is 43.2 Å². The van der Waals surface area contributed by atoms with Crippen molar-refractivity contribution in [2.45, 2.75) is 42.8 Å². The van der Waals surface area contributed by atoms with E-state index in [9.17, 15) is 26.4 Å². The summed E-state index contributed by atoms with van der Waals surface area (Å²) in [5.41, 5.74) is 4.55. The number of carbonyl (C=O) groups is 1. The van der Waals surface area contributed by atoms with Crippen molar-refractivity contribution < 1.29 is 26.4 Å². The molecule has 10 heteroatoms. The Balaban J connectivity index is 2.33. The lowest BCUT2D eigenvalue weighted by Gasteiger charge is -2.17. The van der Waals surface area contributed by atoms with Crippen LogP contribution in [0.2, 0.25) is 0 Å². The zero-order valence-corrected chi connectivity index (χ0v) is 16.2. The molecule has 0 aliphatic carbocycles. The van der Waals surface area contributed by atoms with Crippen molar-refractivity contribution in [1.82, 2.24) is 10.3 Å². The lowest BCUT2D eigenvalue weighted by Crippen LogP contribution is -2.36. The van der Waals surface area contributed by atoms with Crippen molar-refractivity contribution in [3.63, 3.8) is 0 Å². The molecular formula is C18H20F3N3O3S. The fraction of sp³-hybridized carbons (Fsp3) is 0.333. The Bertz CT molecular complexity index is 972. The second-order valence-corrected chi connectivity index (χ2v) is 8.59. The Morgan fingerprint density at radius 2 is 1.68 bits per heavy atom. The highest BCUT2D eigenvalue weighted by Crippen LogP contribution is 2.31. The van der Waals surface area contributed by atoms with Crippen LogP contribution in [0.4, 0.5) is 18.9 Å². The molecule has 0 spiro atoms. The summed E-state index contributed by atoms with van der Waals surface area (Å²) in [6.45, 7) is 5.64. The van der Waals surface area contributed by atoms with Gasteiger partial charge in [0.15, 0.2) is 5.69 Å². The summed E-state index contributed by atoms with van der Waals surface area (Å²) in [5.74, 6) is -0.373. The Hall–Kier alpha value is -2.62. The van der Waals surface area contributed by atoms with Gasteiger partial charge in [-0.25, -0.2) is 13.4 Å². The van der Waals surface area contributed by atoms with Crippen molar-refractivity contribution in [3.05, 3.63) is 47.8 Å². The van der Waals surface area contributed by atoms with Gasteiger partial charge in [0.25, 0.3) is 5.91 Å². The number of hydrogen-bond acceptors (Lipinski definition) is 5. The van der Waals surface area contributed by atoms with Gasteiger partial charge in [-0.3, -0.25) is 4.79 Å². The SMILES string of the molecule is CC(C)C(C)NC(=O)c1ncc(S(=O)(=O)c2ccc(C(F)(F)F)cc2)cc1N. The molecule has 0 aliphatic heterocycles. The van der Waals surface area contributed by atoms with E-state index in [1.165, 1.54) is 0 Å². The molecule has 1 heterocycles. The van der Waals surface area contributed by atoms with Gasteiger partial charge in [0.05, 0.1) is 21.0 Å². The summed E-state index contributed by atoms with van der Waals surface area (Å²) < 4.78 is 63.2. The third-order valence-electron chi connectivity index (χ3n) is 4.27. The Kier molecular flexibility index (Phi) is 6.03. The van der Waals surface area contributed by atoms with Crippen LogP contribution < -0.4 is 11.1 Å². The van der Waals surface area contributed by atoms with Crippen molar-refractivity contribution >= 4 is 21.4 Å². The lowest BCUT2D eigenvalue weighted by molar-refractivity contribution is -0.137. The van der Waals surface area contributed by atoms with Crippen LogP contribution in [0.5, 0.6) is 0 Å². The van der Waals surface area contributed by atoms with E-state index in [0.717, 1.165) is 24.4 Å². The zero-order valence-electron chi connectivity index (χ0n) is 15.4. The minimum Gasteiger partial charge on any atom is -0.397 e. The number of pyridine rings is 1. The van der Waals surface area contributed by atoms with Gasteiger partial charge in [-0.15, -0.1) is 0 Å². The van der Waals surface area contributed by atoms with E-state index in [1.807, 2.05) is 20.8 Å². The Morgan fingerprint density at radius 3 is 2.14 bits per heavy atom. The minimum absolute atomic E-state index is 0.126. The number of anilines is 1. The minimum atomic E-state index is -4.57. The number of nitrogens with zero attached hydrogens (tertiary/aromatic N) is 1. The number of sulfone groups is 1. The second-order valence-electron chi connectivity index (χ2n) is 6.64. The molecule has 0 saturated heterocycles. The molecule has 0 bridgehead atoms. The molecule has 28 heavy (non-hydrogen) atoms. The number of nitrogens with two attached hydrogens (primary N) is 1. The molecule has 1 atom stereocenters. The highest BCUT2D eigenvalue weighted by molar-refractivity contribution is 7.91. The van der Waals surface area contributed by atoms with Crippen LogP contribution in [-0.4, -0.2) is 25.4 Å². The largest absolute Gasteiger partial charge is 0.416 e. The van der Waals surface area contributed by atoms with E-state index in [0.29, 0.717) is 12.1 Å². The molecule has 1 amide bonds. The van der Waals surface area contributed by atoms with Gasteiger partial charge in [-0.2, -0.15) is 13.2 Å². The summed E-state index contributed by atoms with van der Waals surface area (Å²) in [6.07, 6.45) is -3.62. The number of nitrogen functional groups attached to an aromatic ring is 1. The van der Waals surface area contributed by atoms with Crippen LogP contribution in [0.15, 0.2) is 46.3 Å². The van der Waals surface area contributed by atoms with E-state index in [4.69, 9.17) is 5.73 Å². The molecule has 6 nitrogen and oxygen atoms in total. The number of benzene rings is 1. The van der Waals surface area contributed by atoms with Gasteiger partial charge in [0, 0.05) is 12.2 Å². The van der Waals surface area contributed by atoms with E-state index in [1.54, 1.807) is 0 Å². The molecule has 0 radical (unpaired) electrons. The Morgan fingerprint density at radius 1 is 1.11 bits per heavy atom. The van der Waals surface area contributed by atoms with Gasteiger partial charge < -0.3 is 11.1 Å². The molecule has 1 unspecified atom stereocenters. The van der Waals surface area contributed by atoms with Crippen molar-refractivity contribution in [2.75, 3.05) is 5.73 Å². The van der Waals surface area contributed by atoms with Crippen LogP contribution in [0, 0.1) is 5.92 Å². The molecule has 1 aromatic heterocycles. The molecule has 152 valence electrons. The molecule has 2 rings (SSSR count). The predicted octanol–water partition coefficient (Wildman–Crippen LogP) is 3.29. The van der Waals surface area contributed by atoms with Crippen molar-refractivity contribution in [1.29, 1.82) is 0 Å².